The molecule has 6 heteroatoms. The first-order chi connectivity index (χ1) is 11.1. The average Bonchev–Trinajstić information content (AvgIpc) is 2.45. The van der Waals surface area contributed by atoms with Crippen LogP contribution in [0.25, 0.3) is 0 Å². The number of hydrogen-bond acceptors (Lipinski definition) is 5. The van der Waals surface area contributed by atoms with Crippen LogP contribution in [-0.4, -0.2) is 27.2 Å². The molecule has 0 spiro atoms. The minimum Gasteiger partial charge on any atom is -0.346 e. The first kappa shape index (κ1) is 17.6. The fourth-order valence-corrected chi connectivity index (χ4v) is 2.09. The number of benzene rings is 1. The van der Waals surface area contributed by atoms with Crippen LogP contribution in [0.15, 0.2) is 30.3 Å². The Hall–Kier alpha value is -2.76. The predicted octanol–water partition coefficient (Wildman–Crippen LogP) is 3.26. The molecule has 0 saturated carbocycles. The zero-order valence-corrected chi connectivity index (χ0v) is 14.6. The number of amides is 1. The Morgan fingerprint density at radius 1 is 1.08 bits per heavy atom. The molecule has 1 aromatic heterocycles. The van der Waals surface area contributed by atoms with Crippen LogP contribution in [0.3, 0.4) is 0 Å². The number of nitrogens with zero attached hydrogens (tertiary/aromatic N) is 2. The highest BCUT2D eigenvalue weighted by Crippen LogP contribution is 2.16. The third kappa shape index (κ3) is 4.87. The Bertz CT molecular complexity index is 779. The van der Waals surface area contributed by atoms with Crippen LogP contribution in [0.5, 0.6) is 0 Å². The van der Waals surface area contributed by atoms with Crippen molar-refractivity contribution in [3.05, 3.63) is 47.3 Å². The molecule has 6 nitrogen and oxygen atoms in total. The maximum absolute atomic E-state index is 12.3. The summed E-state index contributed by atoms with van der Waals surface area (Å²) in [5.74, 6) is 0.0392. The lowest BCUT2D eigenvalue weighted by Gasteiger charge is -2.20. The number of carbonyl (C=O) groups excluding carboxylic acids is 2. The van der Waals surface area contributed by atoms with Crippen LogP contribution >= 0.6 is 0 Å². The second-order valence-corrected chi connectivity index (χ2v) is 6.68. The standard InChI is InChI=1S/C18H22N4O2/c1-11-9-15(16(24)22-18(3,4)5)21-17(19-11)20-14-8-6-7-13(10-14)12(2)23/h6-10H,1-5H3,(H,22,24)(H,19,20,21). The van der Waals surface area contributed by atoms with E-state index in [9.17, 15) is 9.59 Å². The summed E-state index contributed by atoms with van der Waals surface area (Å²) in [4.78, 5) is 32.3. The van der Waals surface area contributed by atoms with Crippen molar-refractivity contribution in [2.75, 3.05) is 5.32 Å². The van der Waals surface area contributed by atoms with Crippen molar-refractivity contribution >= 4 is 23.3 Å². The van der Waals surface area contributed by atoms with Crippen molar-refractivity contribution in [3.63, 3.8) is 0 Å². The molecule has 0 unspecified atom stereocenters. The molecule has 0 radical (unpaired) electrons. The van der Waals surface area contributed by atoms with Gasteiger partial charge in [0.15, 0.2) is 5.78 Å². The third-order valence-corrected chi connectivity index (χ3v) is 3.10. The summed E-state index contributed by atoms with van der Waals surface area (Å²) in [5, 5.41) is 5.92. The second-order valence-electron chi connectivity index (χ2n) is 6.68. The number of aromatic nitrogens is 2. The molecule has 0 bridgehead atoms. The van der Waals surface area contributed by atoms with Gasteiger partial charge in [-0.05, 0) is 52.8 Å². The number of hydrogen-bond donors (Lipinski definition) is 2. The van der Waals surface area contributed by atoms with E-state index in [-0.39, 0.29) is 17.2 Å². The Morgan fingerprint density at radius 3 is 2.42 bits per heavy atom. The van der Waals surface area contributed by atoms with Crippen LogP contribution in [0.1, 0.15) is 54.2 Å². The van der Waals surface area contributed by atoms with Gasteiger partial charge in [-0.15, -0.1) is 0 Å². The zero-order chi connectivity index (χ0) is 17.9. The SMILES string of the molecule is CC(=O)c1cccc(Nc2nc(C)cc(C(=O)NC(C)(C)C)n2)c1. The van der Waals surface area contributed by atoms with Gasteiger partial charge in [-0.25, -0.2) is 9.97 Å². The highest BCUT2D eigenvalue weighted by atomic mass is 16.2. The van der Waals surface area contributed by atoms with E-state index >= 15 is 0 Å². The van der Waals surface area contributed by atoms with Gasteiger partial charge in [0.05, 0.1) is 0 Å². The van der Waals surface area contributed by atoms with Gasteiger partial charge in [-0.1, -0.05) is 12.1 Å². The summed E-state index contributed by atoms with van der Waals surface area (Å²) in [5.41, 5.74) is 1.91. The summed E-state index contributed by atoms with van der Waals surface area (Å²) in [7, 11) is 0. The van der Waals surface area contributed by atoms with E-state index < -0.39 is 0 Å². The van der Waals surface area contributed by atoms with E-state index in [1.54, 1.807) is 31.2 Å². The lowest BCUT2D eigenvalue weighted by atomic mass is 10.1. The summed E-state index contributed by atoms with van der Waals surface area (Å²) < 4.78 is 0. The molecular formula is C18H22N4O2. The number of Topliss-reactive ketones (excluding diaryl/α,β-unsaturated/α-hetero) is 1. The summed E-state index contributed by atoms with van der Waals surface area (Å²) in [6, 6.07) is 8.70. The van der Waals surface area contributed by atoms with Crippen LogP contribution in [0, 0.1) is 6.92 Å². The van der Waals surface area contributed by atoms with E-state index in [4.69, 9.17) is 0 Å². The fourth-order valence-electron chi connectivity index (χ4n) is 2.09. The van der Waals surface area contributed by atoms with Crippen LogP contribution < -0.4 is 10.6 Å². The van der Waals surface area contributed by atoms with Crippen LogP contribution in [-0.2, 0) is 0 Å². The molecule has 2 N–H and O–H groups in total. The number of rotatable bonds is 4. The highest BCUT2D eigenvalue weighted by Gasteiger charge is 2.17. The molecule has 2 rings (SSSR count). The van der Waals surface area contributed by atoms with E-state index in [1.807, 2.05) is 26.8 Å². The molecule has 1 aromatic carbocycles. The zero-order valence-electron chi connectivity index (χ0n) is 14.6. The third-order valence-electron chi connectivity index (χ3n) is 3.10. The van der Waals surface area contributed by atoms with E-state index in [0.29, 0.717) is 28.6 Å². The minimum absolute atomic E-state index is 0.0194. The van der Waals surface area contributed by atoms with E-state index in [0.717, 1.165) is 0 Å². The largest absolute Gasteiger partial charge is 0.346 e. The topological polar surface area (TPSA) is 84.0 Å². The second kappa shape index (κ2) is 6.78. The van der Waals surface area contributed by atoms with Crippen molar-refractivity contribution in [3.8, 4) is 0 Å². The van der Waals surface area contributed by atoms with Gasteiger partial charge in [-0.2, -0.15) is 0 Å². The van der Waals surface area contributed by atoms with Gasteiger partial charge in [0.25, 0.3) is 5.91 Å². The monoisotopic (exact) mass is 326 g/mol. The number of aryl methyl sites for hydroxylation is 1. The van der Waals surface area contributed by atoms with Gasteiger partial charge in [0.2, 0.25) is 5.95 Å². The summed E-state index contributed by atoms with van der Waals surface area (Å²) >= 11 is 0. The molecule has 126 valence electrons. The molecule has 1 amide bonds. The van der Waals surface area contributed by atoms with Crippen molar-refractivity contribution < 1.29 is 9.59 Å². The van der Waals surface area contributed by atoms with Crippen LogP contribution in [0.4, 0.5) is 11.6 Å². The molecule has 0 aliphatic rings. The van der Waals surface area contributed by atoms with Gasteiger partial charge in [-0.3, -0.25) is 9.59 Å². The van der Waals surface area contributed by atoms with E-state index in [1.165, 1.54) is 6.92 Å². The number of carbonyl (C=O) groups is 2. The normalized spacial score (nSPS) is 11.0. The molecule has 0 fully saturated rings. The molecule has 2 aromatic rings. The molecule has 1 heterocycles. The smallest absolute Gasteiger partial charge is 0.270 e. The van der Waals surface area contributed by atoms with Gasteiger partial charge in [0, 0.05) is 22.5 Å². The summed E-state index contributed by atoms with van der Waals surface area (Å²) in [6.45, 7) is 9.03. The quantitative estimate of drug-likeness (QED) is 0.843. The van der Waals surface area contributed by atoms with E-state index in [2.05, 4.69) is 20.6 Å². The highest BCUT2D eigenvalue weighted by molar-refractivity contribution is 5.95. The van der Waals surface area contributed by atoms with Crippen LogP contribution in [0.2, 0.25) is 0 Å². The molecule has 0 saturated heterocycles. The minimum atomic E-state index is -0.348. The summed E-state index contributed by atoms with van der Waals surface area (Å²) in [6.07, 6.45) is 0. The maximum Gasteiger partial charge on any atom is 0.270 e. The first-order valence-corrected chi connectivity index (χ1v) is 7.70. The number of ketones is 1. The molecule has 24 heavy (non-hydrogen) atoms. The van der Waals surface area contributed by atoms with Gasteiger partial charge in [0.1, 0.15) is 5.69 Å². The maximum atomic E-state index is 12.3. The molecule has 0 aliphatic carbocycles. The molecule has 0 atom stereocenters. The number of nitrogens with one attached hydrogen (secondary N) is 2. The Kier molecular flexibility index (Phi) is 4.97. The predicted molar refractivity (Wildman–Crippen MR) is 93.7 cm³/mol. The Labute approximate surface area is 141 Å². The molecule has 0 aliphatic heterocycles. The van der Waals surface area contributed by atoms with Crippen molar-refractivity contribution in [1.82, 2.24) is 15.3 Å². The molecular weight excluding hydrogens is 304 g/mol. The lowest BCUT2D eigenvalue weighted by molar-refractivity contribution is 0.0913. The first-order valence-electron chi connectivity index (χ1n) is 7.70. The van der Waals surface area contributed by atoms with Crippen molar-refractivity contribution in [1.29, 1.82) is 0 Å². The Balaban J connectivity index is 2.27. The Morgan fingerprint density at radius 2 is 1.79 bits per heavy atom. The van der Waals surface area contributed by atoms with Gasteiger partial charge >= 0.3 is 0 Å². The fraction of sp³-hybridized carbons (Fsp3) is 0.333. The lowest BCUT2D eigenvalue weighted by Crippen LogP contribution is -2.41. The van der Waals surface area contributed by atoms with Crippen molar-refractivity contribution in [2.24, 2.45) is 0 Å². The number of anilines is 2. The average molecular weight is 326 g/mol. The van der Waals surface area contributed by atoms with Gasteiger partial charge < -0.3 is 10.6 Å². The van der Waals surface area contributed by atoms with Crippen molar-refractivity contribution in [2.45, 2.75) is 40.2 Å².